The zero-order chi connectivity index (χ0) is 28.1. The lowest BCUT2D eigenvalue weighted by Crippen LogP contribution is -1.89. The van der Waals surface area contributed by atoms with Crippen LogP contribution in [0.15, 0.2) is 60.7 Å². The number of rotatable bonds is 0. The summed E-state index contributed by atoms with van der Waals surface area (Å²) in [5.41, 5.74) is 6.33. The molecule has 0 radical (unpaired) electrons. The second kappa shape index (κ2) is 15.2. The number of hydrogen-bond acceptors (Lipinski definition) is 8. The summed E-state index contributed by atoms with van der Waals surface area (Å²) in [6.07, 6.45) is 1.21. The molecule has 0 fully saturated rings. The van der Waals surface area contributed by atoms with Crippen molar-refractivity contribution in [3.05, 3.63) is 60.7 Å². The lowest BCUT2D eigenvalue weighted by molar-refractivity contribution is 0.468. The van der Waals surface area contributed by atoms with Crippen LogP contribution in [0.25, 0.3) is 44.3 Å². The Balaban J connectivity index is 0.000000646. The van der Waals surface area contributed by atoms with Crippen molar-refractivity contribution in [3.8, 4) is 22.5 Å². The van der Waals surface area contributed by atoms with E-state index in [9.17, 15) is 0 Å². The predicted molar refractivity (Wildman–Crippen MR) is 147 cm³/mol. The summed E-state index contributed by atoms with van der Waals surface area (Å²) in [4.78, 5) is 9.67. The summed E-state index contributed by atoms with van der Waals surface area (Å²) in [6.45, 7) is 12.0. The Morgan fingerprint density at radius 3 is 1.17 bits per heavy atom. The van der Waals surface area contributed by atoms with Gasteiger partial charge in [0.2, 0.25) is 0 Å². The summed E-state index contributed by atoms with van der Waals surface area (Å²) >= 11 is 0. The third-order valence-electron chi connectivity index (χ3n) is 3.99. The Morgan fingerprint density at radius 2 is 0.861 bits per heavy atom. The highest BCUT2D eigenvalue weighted by Gasteiger charge is 2.23. The van der Waals surface area contributed by atoms with Gasteiger partial charge in [0.25, 0.3) is 0 Å². The Kier molecular flexibility index (Phi) is 14.0. The molecule has 0 amide bonds. The summed E-state index contributed by atoms with van der Waals surface area (Å²) in [5, 5.41) is 2.53. The first kappa shape index (κ1) is 33.1. The highest BCUT2D eigenvalue weighted by molar-refractivity contribution is 7.85. The van der Waals surface area contributed by atoms with Gasteiger partial charge in [0.05, 0.1) is 42.7 Å². The second-order valence-corrected chi connectivity index (χ2v) is 9.34. The van der Waals surface area contributed by atoms with E-state index < -0.39 is 20.2 Å². The average Bonchev–Trinajstić information content (AvgIpc) is 3.14. The fourth-order valence-corrected chi connectivity index (χ4v) is 3.11. The van der Waals surface area contributed by atoms with E-state index in [1.165, 1.54) is 21.9 Å². The molecule has 0 spiro atoms. The molecule has 0 saturated heterocycles. The van der Waals surface area contributed by atoms with Gasteiger partial charge in [-0.3, -0.25) is 0 Å². The van der Waals surface area contributed by atoms with Crippen molar-refractivity contribution in [1.29, 1.82) is 0 Å². The highest BCUT2D eigenvalue weighted by Crippen LogP contribution is 2.45. The number of hydrogen-bond donors (Lipinski definition) is 0. The molecule has 8 nitrogen and oxygen atoms in total. The van der Waals surface area contributed by atoms with Crippen LogP contribution in [0.2, 0.25) is 0 Å². The van der Waals surface area contributed by atoms with Crippen LogP contribution in [-0.2, 0) is 20.2 Å². The third kappa shape index (κ3) is 10.4. The summed E-state index contributed by atoms with van der Waals surface area (Å²) in [6, 6.07) is 20.8. The topological polar surface area (TPSA) is 140 Å². The molecule has 3 aromatic carbocycles. The maximum absolute atomic E-state index is 9.08. The maximum atomic E-state index is 9.08. The number of aromatic nitrogens is 2. The fourth-order valence-electron chi connectivity index (χ4n) is 3.11. The first-order chi connectivity index (χ1) is 16.9. The lowest BCUT2D eigenvalue weighted by Gasteiger charge is -2.02. The molecular weight excluding hydrogens is 500 g/mol. The molecule has 1 aliphatic carbocycles. The van der Waals surface area contributed by atoms with E-state index in [1.54, 1.807) is 0 Å². The van der Waals surface area contributed by atoms with Crippen LogP contribution in [-0.4, -0.2) is 48.4 Å². The minimum Gasteiger partial charge on any atom is -0.748 e. The second-order valence-electron chi connectivity index (χ2n) is 6.53. The molecule has 4 aromatic rings. The first-order valence-electron chi connectivity index (χ1n) is 11.5. The molecule has 0 N–H and O–H groups in total. The molecule has 0 bridgehead atoms. The molecule has 0 atom stereocenters. The average molecular weight is 535 g/mol. The zero-order valence-electron chi connectivity index (χ0n) is 21.9. The third-order valence-corrected chi connectivity index (χ3v) is 3.99. The normalized spacial score (nSPS) is 10.4. The molecule has 198 valence electrons. The molecule has 1 heterocycles. The van der Waals surface area contributed by atoms with Crippen LogP contribution < -0.4 is 0 Å². The van der Waals surface area contributed by atoms with Crippen molar-refractivity contribution < 1.29 is 25.9 Å². The van der Waals surface area contributed by atoms with Crippen LogP contribution >= 0.6 is 0 Å². The summed E-state index contributed by atoms with van der Waals surface area (Å²) < 4.78 is 54.5. The molecule has 1 aromatic heterocycles. The van der Waals surface area contributed by atoms with Crippen LogP contribution in [0.5, 0.6) is 0 Å². The monoisotopic (exact) mass is 534 g/mol. The Labute approximate surface area is 214 Å². The van der Waals surface area contributed by atoms with Crippen molar-refractivity contribution in [1.82, 2.24) is 9.97 Å². The minimum absolute atomic E-state index is 0.604. The predicted octanol–water partition coefficient (Wildman–Crippen LogP) is 5.83. The molecule has 10 heteroatoms. The highest BCUT2D eigenvalue weighted by atomic mass is 32.2. The van der Waals surface area contributed by atoms with Crippen molar-refractivity contribution in [2.24, 2.45) is 0 Å². The molecule has 0 unspecified atom stereocenters. The van der Waals surface area contributed by atoms with Gasteiger partial charge in [-0.1, -0.05) is 90.1 Å². The summed E-state index contributed by atoms with van der Waals surface area (Å²) in [7, 11) is -7.83. The van der Waals surface area contributed by atoms with Crippen molar-refractivity contribution in [2.75, 3.05) is 12.5 Å². The van der Waals surface area contributed by atoms with Crippen molar-refractivity contribution >= 4 is 42.0 Å². The van der Waals surface area contributed by atoms with E-state index in [0.717, 1.165) is 22.4 Å². The van der Waals surface area contributed by atoms with E-state index in [2.05, 4.69) is 36.4 Å². The van der Waals surface area contributed by atoms with E-state index >= 15 is 0 Å². The number of nitrogens with zero attached hydrogens (tertiary/aromatic N) is 2. The largest absolute Gasteiger partial charge is 0.748 e. The molecule has 1 aliphatic rings. The SMILES string of the molecule is CC.CC.CC.CS(=O)(=O)[O-].CS(=O)(=O)[O-].c1cc2c3c(cccc3c1)-c1nc3ccccc3nc1-2. The van der Waals surface area contributed by atoms with Gasteiger partial charge in [-0.15, -0.1) is 0 Å². The maximum Gasteiger partial charge on any atom is 0.0979 e. The minimum atomic E-state index is -3.92. The van der Waals surface area contributed by atoms with Crippen LogP contribution in [0.1, 0.15) is 41.5 Å². The lowest BCUT2D eigenvalue weighted by atomic mass is 10.0. The van der Waals surface area contributed by atoms with E-state index in [0.29, 0.717) is 12.5 Å². The molecule has 5 rings (SSSR count). The van der Waals surface area contributed by atoms with Gasteiger partial charge >= 0.3 is 0 Å². The number of para-hydroxylation sites is 2. The van der Waals surface area contributed by atoms with Crippen molar-refractivity contribution in [3.63, 3.8) is 0 Å². The number of benzene rings is 3. The Morgan fingerprint density at radius 1 is 0.556 bits per heavy atom. The van der Waals surface area contributed by atoms with Gasteiger partial charge in [-0.25, -0.2) is 26.8 Å². The molecule has 36 heavy (non-hydrogen) atoms. The van der Waals surface area contributed by atoms with E-state index in [4.69, 9.17) is 35.9 Å². The van der Waals surface area contributed by atoms with Gasteiger partial charge in [0.1, 0.15) is 0 Å². The Bertz CT molecular complexity index is 1350. The number of fused-ring (bicyclic) bond motifs is 4. The van der Waals surface area contributed by atoms with Gasteiger partial charge in [0.15, 0.2) is 0 Å². The standard InChI is InChI=1S/C18H10N2.3C2H6.2CH4O3S/c1-2-10-15-14(9-1)19-17-12-7-3-5-11-6-4-8-13(16(11)12)18(17)20-15;3*1-2;2*1-5(2,3)4/h1-10H;3*1-2H3;2*1H3,(H,2,3,4)/p-2. The van der Waals surface area contributed by atoms with Crippen LogP contribution in [0.3, 0.4) is 0 Å². The van der Waals surface area contributed by atoms with Gasteiger partial charge < -0.3 is 9.11 Å². The molecule has 0 aliphatic heterocycles. The van der Waals surface area contributed by atoms with Crippen LogP contribution in [0, 0.1) is 0 Å². The molecular formula is C26H34N2O6S2-2. The molecule has 0 saturated carbocycles. The van der Waals surface area contributed by atoms with E-state index in [-0.39, 0.29) is 0 Å². The summed E-state index contributed by atoms with van der Waals surface area (Å²) in [5.74, 6) is 0. The smallest absolute Gasteiger partial charge is 0.0979 e. The Hall–Kier alpha value is -2.92. The first-order valence-corrected chi connectivity index (χ1v) is 15.2. The quantitative estimate of drug-likeness (QED) is 0.226. The van der Waals surface area contributed by atoms with Gasteiger partial charge in [0, 0.05) is 29.0 Å². The van der Waals surface area contributed by atoms with Gasteiger partial charge in [-0.05, 0) is 17.5 Å². The van der Waals surface area contributed by atoms with Crippen molar-refractivity contribution in [2.45, 2.75) is 41.5 Å². The van der Waals surface area contributed by atoms with E-state index in [1.807, 2.05) is 65.8 Å². The van der Waals surface area contributed by atoms with Gasteiger partial charge in [-0.2, -0.15) is 0 Å². The zero-order valence-corrected chi connectivity index (χ0v) is 23.6. The van der Waals surface area contributed by atoms with Crippen LogP contribution in [0.4, 0.5) is 0 Å². The fraction of sp³-hybridized carbons (Fsp3) is 0.308.